The predicted molar refractivity (Wildman–Crippen MR) is 69.3 cm³/mol. The van der Waals surface area contributed by atoms with E-state index in [2.05, 4.69) is 39.7 Å². The lowest BCUT2D eigenvalue weighted by atomic mass is 9.82. The maximum Gasteiger partial charge on any atom is 0.175 e. The number of fused-ring (bicyclic) bond motifs is 1. The van der Waals surface area contributed by atoms with Gasteiger partial charge < -0.3 is 0 Å². The SMILES string of the molecule is Cn1nnc(CC2CCc3ccccc3C2Cl)n1. The zero-order chi connectivity index (χ0) is 12.5. The van der Waals surface area contributed by atoms with Crippen molar-refractivity contribution in [3.8, 4) is 0 Å². The minimum absolute atomic E-state index is 0.0544. The van der Waals surface area contributed by atoms with Crippen LogP contribution in [0.1, 0.15) is 28.7 Å². The van der Waals surface area contributed by atoms with Crippen LogP contribution in [-0.2, 0) is 19.9 Å². The summed E-state index contributed by atoms with van der Waals surface area (Å²) in [5.41, 5.74) is 2.64. The van der Waals surface area contributed by atoms with E-state index in [4.69, 9.17) is 11.6 Å². The molecule has 94 valence electrons. The number of nitrogens with zero attached hydrogens (tertiary/aromatic N) is 4. The van der Waals surface area contributed by atoms with Crippen LogP contribution in [-0.4, -0.2) is 20.2 Å². The van der Waals surface area contributed by atoms with Crippen LogP contribution >= 0.6 is 11.6 Å². The summed E-state index contributed by atoms with van der Waals surface area (Å²) in [7, 11) is 1.78. The van der Waals surface area contributed by atoms with Crippen LogP contribution in [0.25, 0.3) is 0 Å². The average Bonchev–Trinajstić information content (AvgIpc) is 2.79. The molecule has 0 saturated carbocycles. The van der Waals surface area contributed by atoms with Crippen LogP contribution in [0.4, 0.5) is 0 Å². The van der Waals surface area contributed by atoms with Crippen molar-refractivity contribution in [2.45, 2.75) is 24.6 Å². The Labute approximate surface area is 111 Å². The molecule has 5 heteroatoms. The smallest absolute Gasteiger partial charge is 0.167 e. The molecule has 2 unspecified atom stereocenters. The quantitative estimate of drug-likeness (QED) is 0.780. The lowest BCUT2D eigenvalue weighted by Crippen LogP contribution is -2.19. The molecule has 2 aromatic rings. The standard InChI is InChI=1S/C13H15ClN4/c1-18-16-12(15-17-18)8-10-7-6-9-4-2-3-5-11(9)13(10)14/h2-5,10,13H,6-8H2,1H3. The number of hydrogen-bond acceptors (Lipinski definition) is 3. The number of rotatable bonds is 2. The number of tetrazole rings is 1. The molecule has 0 N–H and O–H groups in total. The lowest BCUT2D eigenvalue weighted by molar-refractivity contribution is 0.432. The van der Waals surface area contributed by atoms with Crippen LogP contribution in [0.2, 0.25) is 0 Å². The highest BCUT2D eigenvalue weighted by Gasteiger charge is 2.28. The molecule has 0 radical (unpaired) electrons. The van der Waals surface area contributed by atoms with Gasteiger partial charge in [0.1, 0.15) is 0 Å². The average molecular weight is 263 g/mol. The summed E-state index contributed by atoms with van der Waals surface area (Å²) in [6.07, 6.45) is 2.98. The number of alkyl halides is 1. The predicted octanol–water partition coefficient (Wildman–Crippen LogP) is 2.30. The Morgan fingerprint density at radius 2 is 2.22 bits per heavy atom. The van der Waals surface area contributed by atoms with Gasteiger partial charge in [0.15, 0.2) is 5.82 Å². The van der Waals surface area contributed by atoms with Crippen molar-refractivity contribution in [2.75, 3.05) is 0 Å². The number of halogens is 1. The van der Waals surface area contributed by atoms with E-state index in [1.54, 1.807) is 7.05 Å². The van der Waals surface area contributed by atoms with Gasteiger partial charge in [-0.15, -0.1) is 21.8 Å². The molecule has 1 aliphatic rings. The third kappa shape index (κ3) is 2.12. The first-order valence-corrected chi connectivity index (χ1v) is 6.62. The maximum absolute atomic E-state index is 6.59. The summed E-state index contributed by atoms with van der Waals surface area (Å²) in [6, 6.07) is 8.43. The van der Waals surface area contributed by atoms with Crippen molar-refractivity contribution in [3.63, 3.8) is 0 Å². The highest BCUT2D eigenvalue weighted by atomic mass is 35.5. The first-order valence-electron chi connectivity index (χ1n) is 6.19. The zero-order valence-electron chi connectivity index (χ0n) is 10.3. The van der Waals surface area contributed by atoms with E-state index >= 15 is 0 Å². The van der Waals surface area contributed by atoms with Crippen molar-refractivity contribution < 1.29 is 0 Å². The number of benzene rings is 1. The third-order valence-corrected chi connectivity index (χ3v) is 4.14. The molecule has 0 saturated heterocycles. The second-order valence-corrected chi connectivity index (χ2v) is 5.27. The molecular weight excluding hydrogens is 248 g/mol. The molecule has 1 heterocycles. The molecule has 0 fully saturated rings. The summed E-state index contributed by atoms with van der Waals surface area (Å²) in [4.78, 5) is 1.50. The summed E-state index contributed by atoms with van der Waals surface area (Å²) in [5.74, 6) is 1.18. The maximum atomic E-state index is 6.59. The van der Waals surface area contributed by atoms with Crippen LogP contribution in [0.5, 0.6) is 0 Å². The Hall–Kier alpha value is -1.42. The van der Waals surface area contributed by atoms with Gasteiger partial charge in [0.25, 0.3) is 0 Å². The van der Waals surface area contributed by atoms with Crippen molar-refractivity contribution in [2.24, 2.45) is 13.0 Å². The second-order valence-electron chi connectivity index (χ2n) is 4.80. The molecule has 0 spiro atoms. The minimum Gasteiger partial charge on any atom is -0.167 e. The van der Waals surface area contributed by atoms with Crippen molar-refractivity contribution in [1.82, 2.24) is 20.2 Å². The monoisotopic (exact) mass is 262 g/mol. The first kappa shape index (κ1) is 11.7. The molecule has 1 aromatic heterocycles. The van der Waals surface area contributed by atoms with E-state index in [0.717, 1.165) is 25.1 Å². The molecular formula is C13H15ClN4. The number of aromatic nitrogens is 4. The van der Waals surface area contributed by atoms with Gasteiger partial charge in [0, 0.05) is 6.42 Å². The van der Waals surface area contributed by atoms with E-state index < -0.39 is 0 Å². The fraction of sp³-hybridized carbons (Fsp3) is 0.462. The summed E-state index contributed by atoms with van der Waals surface area (Å²) in [5, 5.41) is 12.2. The molecule has 0 bridgehead atoms. The minimum atomic E-state index is 0.0544. The lowest BCUT2D eigenvalue weighted by Gasteiger charge is -2.28. The number of aryl methyl sites for hydroxylation is 2. The van der Waals surface area contributed by atoms with Gasteiger partial charge in [-0.2, -0.15) is 4.80 Å². The van der Waals surface area contributed by atoms with Gasteiger partial charge >= 0.3 is 0 Å². The van der Waals surface area contributed by atoms with E-state index in [-0.39, 0.29) is 5.38 Å². The van der Waals surface area contributed by atoms with Gasteiger partial charge in [-0.05, 0) is 35.1 Å². The Morgan fingerprint density at radius 3 is 3.00 bits per heavy atom. The molecule has 18 heavy (non-hydrogen) atoms. The fourth-order valence-electron chi connectivity index (χ4n) is 2.62. The van der Waals surface area contributed by atoms with Crippen molar-refractivity contribution in [3.05, 3.63) is 41.2 Å². The first-order chi connectivity index (χ1) is 8.74. The van der Waals surface area contributed by atoms with Crippen molar-refractivity contribution >= 4 is 11.6 Å². The second kappa shape index (κ2) is 4.69. The Morgan fingerprint density at radius 1 is 1.39 bits per heavy atom. The Bertz CT molecular complexity index is 551. The molecule has 1 aliphatic carbocycles. The van der Waals surface area contributed by atoms with E-state index in [1.165, 1.54) is 15.9 Å². The van der Waals surface area contributed by atoms with Gasteiger partial charge in [-0.1, -0.05) is 24.3 Å². The highest BCUT2D eigenvalue weighted by Crippen LogP contribution is 2.40. The zero-order valence-corrected chi connectivity index (χ0v) is 11.0. The van der Waals surface area contributed by atoms with E-state index in [0.29, 0.717) is 5.92 Å². The van der Waals surface area contributed by atoms with Crippen molar-refractivity contribution in [1.29, 1.82) is 0 Å². The normalized spacial score (nSPS) is 22.8. The molecule has 3 rings (SSSR count). The number of hydrogen-bond donors (Lipinski definition) is 0. The molecule has 0 aliphatic heterocycles. The van der Waals surface area contributed by atoms with Gasteiger partial charge in [-0.3, -0.25) is 0 Å². The Kier molecular flexibility index (Phi) is 3.04. The molecule has 0 amide bonds. The molecule has 1 aromatic carbocycles. The van der Waals surface area contributed by atoms with Gasteiger partial charge in [0.05, 0.1) is 12.4 Å². The largest absolute Gasteiger partial charge is 0.175 e. The molecule has 2 atom stereocenters. The van der Waals surface area contributed by atoms with Crippen LogP contribution in [0.3, 0.4) is 0 Å². The Balaban J connectivity index is 1.80. The van der Waals surface area contributed by atoms with Crippen LogP contribution in [0, 0.1) is 5.92 Å². The van der Waals surface area contributed by atoms with E-state index in [9.17, 15) is 0 Å². The van der Waals surface area contributed by atoms with Crippen LogP contribution < -0.4 is 0 Å². The van der Waals surface area contributed by atoms with Crippen LogP contribution in [0.15, 0.2) is 24.3 Å². The summed E-state index contributed by atoms with van der Waals surface area (Å²) in [6.45, 7) is 0. The molecule has 4 nitrogen and oxygen atoms in total. The topological polar surface area (TPSA) is 43.6 Å². The highest BCUT2D eigenvalue weighted by molar-refractivity contribution is 6.21. The van der Waals surface area contributed by atoms with Gasteiger partial charge in [0.2, 0.25) is 0 Å². The summed E-state index contributed by atoms with van der Waals surface area (Å²) >= 11 is 6.59. The summed E-state index contributed by atoms with van der Waals surface area (Å²) < 4.78 is 0. The fourth-order valence-corrected chi connectivity index (χ4v) is 3.05. The van der Waals surface area contributed by atoms with Gasteiger partial charge in [-0.25, -0.2) is 0 Å². The third-order valence-electron chi connectivity index (χ3n) is 3.55. The van der Waals surface area contributed by atoms with E-state index in [1.807, 2.05) is 0 Å².